The molecule has 2 aliphatic heterocycles. The molecule has 15 heteroatoms. The Hall–Kier alpha value is -3.82. The van der Waals surface area contributed by atoms with Crippen LogP contribution in [0.3, 0.4) is 0 Å². The molecule has 0 saturated carbocycles. The van der Waals surface area contributed by atoms with Gasteiger partial charge in [-0.25, -0.2) is 40.6 Å². The zero-order chi connectivity index (χ0) is 30.5. The topological polar surface area (TPSA) is 122 Å². The minimum atomic E-state index is -4.79. The smallest absolute Gasteiger partial charge is 0.265 e. The van der Waals surface area contributed by atoms with E-state index in [0.29, 0.717) is 34.9 Å². The summed E-state index contributed by atoms with van der Waals surface area (Å²) < 4.78 is 85.4. The summed E-state index contributed by atoms with van der Waals surface area (Å²) in [5.41, 5.74) is 6.82. The molecule has 0 bridgehead atoms. The van der Waals surface area contributed by atoms with Crippen LogP contribution in [0, 0.1) is 23.3 Å². The number of hydrogen-bond acceptors (Lipinski definition) is 8. The molecule has 2 fully saturated rings. The zero-order valence-electron chi connectivity index (χ0n) is 23.3. The molecule has 0 spiro atoms. The van der Waals surface area contributed by atoms with Crippen LogP contribution in [0.4, 0.5) is 29.1 Å². The number of hydrogen-bond donors (Lipinski definition) is 2. The molecule has 0 unspecified atom stereocenters. The maximum Gasteiger partial charge on any atom is 0.265 e. The van der Waals surface area contributed by atoms with E-state index in [4.69, 9.17) is 10.8 Å². The molecule has 2 aromatic carbocycles. The lowest BCUT2D eigenvalue weighted by Crippen LogP contribution is -2.47. The third kappa shape index (κ3) is 5.52. The number of likely N-dealkylation sites (tertiary alicyclic amines) is 2. The van der Waals surface area contributed by atoms with E-state index >= 15 is 4.39 Å². The summed E-state index contributed by atoms with van der Waals surface area (Å²) in [6, 6.07) is 5.24. The minimum Gasteiger partial charge on any atom is -0.383 e. The monoisotopic (exact) mass is 618 g/mol. The van der Waals surface area contributed by atoms with Gasteiger partial charge in [0.05, 0.1) is 17.1 Å². The molecule has 4 heterocycles. The normalized spacial score (nSPS) is 18.0. The van der Waals surface area contributed by atoms with Crippen LogP contribution in [-0.2, 0) is 10.0 Å². The van der Waals surface area contributed by atoms with E-state index in [0.717, 1.165) is 64.0 Å². The van der Waals surface area contributed by atoms with Crippen LogP contribution in [-0.4, -0.2) is 77.2 Å². The first kappa shape index (κ1) is 29.3. The van der Waals surface area contributed by atoms with E-state index in [9.17, 15) is 21.6 Å². The molecule has 6 rings (SSSR count). The van der Waals surface area contributed by atoms with E-state index in [-0.39, 0.29) is 17.4 Å². The third-order valence-electron chi connectivity index (χ3n) is 8.34. The molecular formula is C28H30F4N8O2S. The van der Waals surface area contributed by atoms with Crippen molar-refractivity contribution in [1.29, 1.82) is 0 Å². The fourth-order valence-corrected chi connectivity index (χ4v) is 7.11. The van der Waals surface area contributed by atoms with Crippen molar-refractivity contribution in [3.8, 4) is 11.3 Å². The summed E-state index contributed by atoms with van der Waals surface area (Å²) in [6.07, 6.45) is 5.34. The van der Waals surface area contributed by atoms with Crippen LogP contribution in [0.2, 0.25) is 0 Å². The number of rotatable bonds is 6. The first-order valence-electron chi connectivity index (χ1n) is 13.9. The summed E-state index contributed by atoms with van der Waals surface area (Å²) in [4.78, 5) is 12.3. The van der Waals surface area contributed by atoms with Gasteiger partial charge in [0.15, 0.2) is 23.1 Å². The molecular weight excluding hydrogens is 588 g/mol. The molecule has 4 aromatic rings. The van der Waals surface area contributed by atoms with Gasteiger partial charge in [-0.15, -0.1) is 0 Å². The number of aromatic nitrogens is 4. The van der Waals surface area contributed by atoms with Gasteiger partial charge in [0.25, 0.3) is 10.0 Å². The van der Waals surface area contributed by atoms with Crippen molar-refractivity contribution in [2.45, 2.75) is 42.7 Å². The zero-order valence-corrected chi connectivity index (χ0v) is 24.1. The number of nitrogens with one attached hydrogen (secondary N) is 1. The Morgan fingerprint density at radius 2 is 1.58 bits per heavy atom. The van der Waals surface area contributed by atoms with E-state index in [1.54, 1.807) is 0 Å². The average molecular weight is 619 g/mol. The largest absolute Gasteiger partial charge is 0.383 e. The lowest BCUT2D eigenvalue weighted by molar-refractivity contribution is 0.0859. The fourth-order valence-electron chi connectivity index (χ4n) is 5.97. The Morgan fingerprint density at radius 1 is 0.884 bits per heavy atom. The Bertz CT molecular complexity index is 1790. The Kier molecular flexibility index (Phi) is 7.73. The quantitative estimate of drug-likeness (QED) is 0.244. The number of nitrogen functional groups attached to an aromatic ring is 1. The van der Waals surface area contributed by atoms with Crippen LogP contribution < -0.4 is 10.5 Å². The van der Waals surface area contributed by atoms with Crippen molar-refractivity contribution < 1.29 is 26.0 Å². The molecule has 228 valence electrons. The predicted molar refractivity (Wildman–Crippen MR) is 153 cm³/mol. The molecule has 3 N–H and O–H groups in total. The standard InChI is InChI=1S/C28H30F4N8O2S/c1-38-10-6-17(7-11-38)39-12-8-18(9-13-39)40-28-23(27(33)34-15-35-28)26(36-40)16-2-4-21(20(30)14-16)37-43(41,42)22-5-3-19(29)24(31)25(22)32/h2-5,14-15,17-18,37H,6-13H2,1H3,(H2,33,34,35). The number of halogens is 4. The molecule has 0 aliphatic carbocycles. The van der Waals surface area contributed by atoms with Gasteiger partial charge < -0.3 is 15.5 Å². The van der Waals surface area contributed by atoms with Crippen LogP contribution in [0.25, 0.3) is 22.3 Å². The Labute approximate surface area is 245 Å². The van der Waals surface area contributed by atoms with Crippen molar-refractivity contribution in [3.05, 3.63) is 59.9 Å². The van der Waals surface area contributed by atoms with Crippen LogP contribution in [0.15, 0.2) is 41.6 Å². The van der Waals surface area contributed by atoms with Gasteiger partial charge in [-0.05, 0) is 70.1 Å². The fraction of sp³-hybridized carbons (Fsp3) is 0.393. The van der Waals surface area contributed by atoms with Gasteiger partial charge in [0.1, 0.15) is 28.6 Å². The van der Waals surface area contributed by atoms with Crippen molar-refractivity contribution in [2.75, 3.05) is 43.7 Å². The minimum absolute atomic E-state index is 0.0370. The van der Waals surface area contributed by atoms with E-state index < -0.39 is 43.9 Å². The molecule has 2 saturated heterocycles. The number of benzene rings is 2. The highest BCUT2D eigenvalue weighted by atomic mass is 32.2. The number of anilines is 2. The summed E-state index contributed by atoms with van der Waals surface area (Å²) in [5.74, 6) is -6.25. The van der Waals surface area contributed by atoms with Gasteiger partial charge in [0, 0.05) is 24.7 Å². The van der Waals surface area contributed by atoms with Gasteiger partial charge >= 0.3 is 0 Å². The van der Waals surface area contributed by atoms with Crippen molar-refractivity contribution in [1.82, 2.24) is 29.5 Å². The second kappa shape index (κ2) is 11.4. The van der Waals surface area contributed by atoms with Gasteiger partial charge in [-0.2, -0.15) is 5.10 Å². The average Bonchev–Trinajstić information content (AvgIpc) is 3.38. The number of nitrogens with zero attached hydrogens (tertiary/aromatic N) is 6. The lowest BCUT2D eigenvalue weighted by Gasteiger charge is -2.41. The highest BCUT2D eigenvalue weighted by Gasteiger charge is 2.31. The SMILES string of the molecule is CN1CCC(N2CCC(n3nc(-c4ccc(NS(=O)(=O)c5ccc(F)c(F)c5F)c(F)c4)c4c(N)ncnc43)CC2)CC1. The number of nitrogens with two attached hydrogens (primary N) is 1. The summed E-state index contributed by atoms with van der Waals surface area (Å²) in [5, 5.41) is 5.23. The number of sulfonamides is 1. The molecule has 2 aromatic heterocycles. The second-order valence-electron chi connectivity index (χ2n) is 11.0. The van der Waals surface area contributed by atoms with Gasteiger partial charge in [-0.1, -0.05) is 6.07 Å². The summed E-state index contributed by atoms with van der Waals surface area (Å²) in [6.45, 7) is 4.01. The molecule has 10 nitrogen and oxygen atoms in total. The maximum atomic E-state index is 15.3. The third-order valence-corrected chi connectivity index (χ3v) is 9.73. The highest BCUT2D eigenvalue weighted by molar-refractivity contribution is 7.92. The molecule has 0 radical (unpaired) electrons. The first-order chi connectivity index (χ1) is 20.5. The van der Waals surface area contributed by atoms with E-state index in [1.807, 2.05) is 9.40 Å². The van der Waals surface area contributed by atoms with Crippen molar-refractivity contribution in [3.63, 3.8) is 0 Å². The molecule has 0 amide bonds. The van der Waals surface area contributed by atoms with Crippen LogP contribution in [0.5, 0.6) is 0 Å². The van der Waals surface area contributed by atoms with E-state index in [2.05, 4.69) is 26.8 Å². The lowest BCUT2D eigenvalue weighted by atomic mass is 9.98. The van der Waals surface area contributed by atoms with Crippen LogP contribution in [0.1, 0.15) is 31.7 Å². The van der Waals surface area contributed by atoms with Crippen LogP contribution >= 0.6 is 0 Å². The number of piperidine rings is 2. The summed E-state index contributed by atoms with van der Waals surface area (Å²) >= 11 is 0. The highest BCUT2D eigenvalue weighted by Crippen LogP contribution is 2.36. The predicted octanol–water partition coefficient (Wildman–Crippen LogP) is 4.16. The first-order valence-corrected chi connectivity index (χ1v) is 15.4. The molecule has 43 heavy (non-hydrogen) atoms. The number of fused-ring (bicyclic) bond motifs is 1. The second-order valence-corrected chi connectivity index (χ2v) is 12.7. The molecule has 2 aliphatic rings. The Morgan fingerprint density at radius 3 is 2.28 bits per heavy atom. The van der Waals surface area contributed by atoms with Crippen molar-refractivity contribution in [2.24, 2.45) is 0 Å². The molecule has 0 atom stereocenters. The summed E-state index contributed by atoms with van der Waals surface area (Å²) in [7, 11) is -2.64. The van der Waals surface area contributed by atoms with E-state index in [1.165, 1.54) is 12.4 Å². The van der Waals surface area contributed by atoms with Gasteiger partial charge in [0.2, 0.25) is 0 Å². The van der Waals surface area contributed by atoms with Gasteiger partial charge in [-0.3, -0.25) is 4.72 Å². The Balaban J connectivity index is 1.27. The maximum absolute atomic E-state index is 15.3. The van der Waals surface area contributed by atoms with Crippen molar-refractivity contribution >= 4 is 32.6 Å².